The molecule has 5 aliphatic rings. The molecule has 34 heavy (non-hydrogen) atoms. The van der Waals surface area contributed by atoms with Crippen LogP contribution in [-0.4, -0.2) is 22.9 Å². The molecule has 3 N–H and O–H groups in total. The van der Waals surface area contributed by atoms with Crippen molar-refractivity contribution in [2.45, 2.75) is 112 Å². The first kappa shape index (κ1) is 24.5. The Labute approximate surface area is 206 Å². The summed E-state index contributed by atoms with van der Waals surface area (Å²) in [7, 11) is 0. The lowest BCUT2D eigenvalue weighted by Crippen LogP contribution is -2.67. The summed E-state index contributed by atoms with van der Waals surface area (Å²) in [4.78, 5) is 26.5. The molecule has 4 fully saturated rings. The number of aliphatic carboxylic acids is 1. The van der Waals surface area contributed by atoms with Crippen LogP contribution in [-0.2, 0) is 9.59 Å². The van der Waals surface area contributed by atoms with Crippen molar-refractivity contribution in [3.8, 4) is 0 Å². The maximum Gasteiger partial charge on any atom is 0.309 e. The fraction of sp³-hybridized carbons (Fsp3) is 0.867. The second kappa shape index (κ2) is 6.99. The van der Waals surface area contributed by atoms with Crippen LogP contribution in [0.3, 0.4) is 0 Å². The molecule has 0 radical (unpaired) electrons. The number of carbonyl (C=O) groups excluding carboxylic acids is 1. The molecule has 0 spiro atoms. The van der Waals surface area contributed by atoms with Gasteiger partial charge in [-0.2, -0.15) is 0 Å². The monoisotopic (exact) mass is 469 g/mol. The second-order valence-electron chi connectivity index (χ2n) is 15.0. The van der Waals surface area contributed by atoms with E-state index in [4.69, 9.17) is 5.73 Å². The maximum absolute atomic E-state index is 14.2. The predicted octanol–water partition coefficient (Wildman–Crippen LogP) is 6.38. The molecule has 9 atom stereocenters. The predicted molar refractivity (Wildman–Crippen MR) is 135 cm³/mol. The van der Waals surface area contributed by atoms with E-state index in [1.165, 1.54) is 5.57 Å². The van der Waals surface area contributed by atoms with Gasteiger partial charge in [0.15, 0.2) is 5.78 Å². The van der Waals surface area contributed by atoms with Gasteiger partial charge in [0.05, 0.1) is 5.41 Å². The van der Waals surface area contributed by atoms with Crippen molar-refractivity contribution in [2.75, 3.05) is 0 Å². The van der Waals surface area contributed by atoms with E-state index in [0.717, 1.165) is 51.4 Å². The first-order valence-electron chi connectivity index (χ1n) is 13.8. The van der Waals surface area contributed by atoms with Crippen molar-refractivity contribution in [2.24, 2.45) is 56.0 Å². The van der Waals surface area contributed by atoms with Crippen LogP contribution in [0.4, 0.5) is 0 Å². The topological polar surface area (TPSA) is 80.4 Å². The number of carboxylic acid groups (broad SMARTS) is 1. The minimum Gasteiger partial charge on any atom is -0.481 e. The van der Waals surface area contributed by atoms with Gasteiger partial charge in [0.1, 0.15) is 0 Å². The Morgan fingerprint density at radius 1 is 0.941 bits per heavy atom. The Balaban J connectivity index is 1.62. The summed E-state index contributed by atoms with van der Waals surface area (Å²) in [5, 5.41) is 10.1. The van der Waals surface area contributed by atoms with Crippen LogP contribution in [0.15, 0.2) is 11.6 Å². The van der Waals surface area contributed by atoms with Gasteiger partial charge < -0.3 is 10.8 Å². The fourth-order valence-electron chi connectivity index (χ4n) is 10.4. The molecule has 0 bridgehead atoms. The molecular weight excluding hydrogens is 422 g/mol. The molecule has 0 aliphatic heterocycles. The zero-order chi connectivity index (χ0) is 25.1. The molecule has 4 nitrogen and oxygen atoms in total. The van der Waals surface area contributed by atoms with E-state index in [1.54, 1.807) is 0 Å². The van der Waals surface area contributed by atoms with E-state index in [9.17, 15) is 14.7 Å². The van der Waals surface area contributed by atoms with Crippen molar-refractivity contribution in [3.63, 3.8) is 0 Å². The first-order valence-corrected chi connectivity index (χ1v) is 13.8. The lowest BCUT2D eigenvalue weighted by molar-refractivity contribution is -0.188. The highest BCUT2D eigenvalue weighted by Crippen LogP contribution is 2.75. The van der Waals surface area contributed by atoms with Gasteiger partial charge in [0, 0.05) is 12.0 Å². The van der Waals surface area contributed by atoms with E-state index in [-0.39, 0.29) is 45.0 Å². The van der Waals surface area contributed by atoms with Crippen LogP contribution < -0.4 is 5.73 Å². The standard InChI is InChI=1S/C30H47NO3/c1-25(2)21-8-11-30(7)23(28(21,5)10-9-22(25)31)20(32)16-18-19-17-27(4,24(33)34)13-12-26(19,3)14-15-29(18,30)6/h16,19,21-23H,8-15,17,31H2,1-7H3,(H,33,34)/t19?,21?,22?,23?,26-,27+,28+,29-,30-/m1/s1. The largest absolute Gasteiger partial charge is 0.481 e. The highest BCUT2D eigenvalue weighted by molar-refractivity contribution is 5.95. The summed E-state index contributed by atoms with van der Waals surface area (Å²) in [6.45, 7) is 16.2. The number of carboxylic acids is 1. The smallest absolute Gasteiger partial charge is 0.309 e. The van der Waals surface area contributed by atoms with Crippen LogP contribution in [0.2, 0.25) is 0 Å². The van der Waals surface area contributed by atoms with Crippen LogP contribution in [0.5, 0.6) is 0 Å². The molecule has 4 heteroatoms. The lowest BCUT2D eigenvalue weighted by Gasteiger charge is -2.70. The van der Waals surface area contributed by atoms with Crippen molar-refractivity contribution in [1.29, 1.82) is 0 Å². The van der Waals surface area contributed by atoms with Gasteiger partial charge in [-0.05, 0) is 110 Å². The number of hydrogen-bond donors (Lipinski definition) is 2. The second-order valence-corrected chi connectivity index (χ2v) is 15.0. The van der Waals surface area contributed by atoms with Crippen molar-refractivity contribution < 1.29 is 14.7 Å². The van der Waals surface area contributed by atoms with Gasteiger partial charge in [-0.3, -0.25) is 9.59 Å². The zero-order valence-corrected chi connectivity index (χ0v) is 22.6. The van der Waals surface area contributed by atoms with Crippen LogP contribution >= 0.6 is 0 Å². The van der Waals surface area contributed by atoms with E-state index in [0.29, 0.717) is 18.1 Å². The molecule has 0 aromatic heterocycles. The quantitative estimate of drug-likeness (QED) is 0.467. The van der Waals surface area contributed by atoms with Crippen molar-refractivity contribution in [1.82, 2.24) is 0 Å². The maximum atomic E-state index is 14.2. The molecule has 5 rings (SSSR count). The van der Waals surface area contributed by atoms with Crippen LogP contribution in [0, 0.1) is 50.2 Å². The molecule has 4 saturated carbocycles. The van der Waals surface area contributed by atoms with E-state index in [1.807, 2.05) is 6.92 Å². The summed E-state index contributed by atoms with van der Waals surface area (Å²) < 4.78 is 0. The number of allylic oxidation sites excluding steroid dienone is 2. The molecule has 0 saturated heterocycles. The van der Waals surface area contributed by atoms with E-state index >= 15 is 0 Å². The van der Waals surface area contributed by atoms with Crippen LogP contribution in [0.25, 0.3) is 0 Å². The van der Waals surface area contributed by atoms with E-state index < -0.39 is 11.4 Å². The Hall–Kier alpha value is -1.16. The molecule has 190 valence electrons. The van der Waals surface area contributed by atoms with Gasteiger partial charge in [-0.1, -0.05) is 47.1 Å². The minimum absolute atomic E-state index is 0.0260. The molecule has 5 aliphatic carbocycles. The molecule has 0 aromatic rings. The Kier molecular flexibility index (Phi) is 5.04. The summed E-state index contributed by atoms with van der Waals surface area (Å²) >= 11 is 0. The normalized spacial score (nSPS) is 54.1. The molecule has 0 amide bonds. The minimum atomic E-state index is -0.697. The fourth-order valence-corrected chi connectivity index (χ4v) is 10.4. The zero-order valence-electron chi connectivity index (χ0n) is 22.6. The summed E-state index contributed by atoms with van der Waals surface area (Å²) in [5.41, 5.74) is 7.21. The highest BCUT2D eigenvalue weighted by atomic mass is 16.4. The van der Waals surface area contributed by atoms with E-state index in [2.05, 4.69) is 47.6 Å². The Morgan fingerprint density at radius 2 is 1.59 bits per heavy atom. The highest BCUT2D eigenvalue weighted by Gasteiger charge is 2.70. The van der Waals surface area contributed by atoms with Crippen molar-refractivity contribution in [3.05, 3.63) is 11.6 Å². The third-order valence-electron chi connectivity index (χ3n) is 13.2. The SMILES string of the molecule is CC1(C)C(N)CC[C@@]2(C)C1CC[C@]1(C)C2C(=O)C=C2C3C[C@@](C)(C(=O)O)CC[C@]3(C)CC[C@]21C. The van der Waals surface area contributed by atoms with Gasteiger partial charge in [0.2, 0.25) is 0 Å². The lowest BCUT2D eigenvalue weighted by atomic mass is 9.33. The average molecular weight is 470 g/mol. The molecule has 4 unspecified atom stereocenters. The Bertz CT molecular complexity index is 968. The summed E-state index contributed by atoms with van der Waals surface area (Å²) in [6, 6.07) is 0.196. The van der Waals surface area contributed by atoms with Gasteiger partial charge in [0.25, 0.3) is 0 Å². The number of fused-ring (bicyclic) bond motifs is 7. The molecule has 0 aromatic carbocycles. The number of ketones is 1. The number of rotatable bonds is 1. The number of nitrogens with two attached hydrogens (primary N) is 1. The van der Waals surface area contributed by atoms with Gasteiger partial charge >= 0.3 is 5.97 Å². The summed E-state index contributed by atoms with van der Waals surface area (Å²) in [5.74, 6) is 0.313. The average Bonchev–Trinajstić information content (AvgIpc) is 2.73. The third-order valence-corrected chi connectivity index (χ3v) is 13.2. The summed E-state index contributed by atoms with van der Waals surface area (Å²) in [6.07, 6.45) is 10.9. The van der Waals surface area contributed by atoms with Crippen LogP contribution in [0.1, 0.15) is 106 Å². The number of carbonyl (C=O) groups is 2. The van der Waals surface area contributed by atoms with Gasteiger partial charge in [-0.15, -0.1) is 0 Å². The third kappa shape index (κ3) is 2.81. The Morgan fingerprint density at radius 3 is 2.24 bits per heavy atom. The van der Waals surface area contributed by atoms with Crippen molar-refractivity contribution >= 4 is 11.8 Å². The van der Waals surface area contributed by atoms with Gasteiger partial charge in [-0.25, -0.2) is 0 Å². The first-order chi connectivity index (χ1) is 15.6. The number of hydrogen-bond acceptors (Lipinski definition) is 3. The molecular formula is C30H47NO3. The molecule has 0 heterocycles.